The maximum Gasteiger partial charge on any atom is 0.0541 e. The van der Waals surface area contributed by atoms with Gasteiger partial charge in [-0.2, -0.15) is 0 Å². The first-order valence-electron chi connectivity index (χ1n) is 3.84. The second-order valence-electron chi connectivity index (χ2n) is 2.81. The third-order valence-electron chi connectivity index (χ3n) is 2.14. The van der Waals surface area contributed by atoms with Crippen molar-refractivity contribution in [1.82, 2.24) is 5.32 Å². The molecule has 0 radical (unpaired) electrons. The fourth-order valence-corrected chi connectivity index (χ4v) is 1.49. The Kier molecular flexibility index (Phi) is 1.52. The Morgan fingerprint density at radius 2 is 2.33 bits per heavy atom. The molecule has 0 amide bonds. The zero-order valence-electron chi connectivity index (χ0n) is 6.72. The zero-order valence-corrected chi connectivity index (χ0v) is 6.72. The Bertz CT molecular complexity index is 331. The lowest BCUT2D eigenvalue weighted by atomic mass is 10.1. The maximum absolute atomic E-state index is 5.36. The van der Waals surface area contributed by atoms with Crippen LogP contribution in [0, 0.1) is 0 Å². The summed E-state index contributed by atoms with van der Waals surface area (Å²) in [6.07, 6.45) is 0. The van der Waals surface area contributed by atoms with Gasteiger partial charge in [0.1, 0.15) is 0 Å². The van der Waals surface area contributed by atoms with Crippen molar-refractivity contribution < 1.29 is 0 Å². The minimum atomic E-state index is 0.814. The number of hydrogen-bond acceptors (Lipinski definition) is 3. The highest BCUT2D eigenvalue weighted by Crippen LogP contribution is 2.28. The van der Waals surface area contributed by atoms with Crippen molar-refractivity contribution in [2.75, 3.05) is 5.43 Å². The highest BCUT2D eigenvalue weighted by molar-refractivity contribution is 5.74. The van der Waals surface area contributed by atoms with Crippen molar-refractivity contribution in [2.45, 2.75) is 6.54 Å². The molecule has 1 aromatic rings. The maximum atomic E-state index is 5.36. The minimum Gasteiger partial charge on any atom is -0.381 e. The number of hydrazine groups is 1. The number of nitrogens with two attached hydrogens (primary N) is 1. The lowest BCUT2D eigenvalue weighted by molar-refractivity contribution is 0.945. The van der Waals surface area contributed by atoms with Crippen LogP contribution in [0.25, 0.3) is 5.70 Å². The summed E-state index contributed by atoms with van der Waals surface area (Å²) in [4.78, 5) is 0. The highest BCUT2D eigenvalue weighted by Gasteiger charge is 2.15. The van der Waals surface area contributed by atoms with Crippen LogP contribution in [0.15, 0.2) is 24.8 Å². The van der Waals surface area contributed by atoms with Crippen LogP contribution in [-0.2, 0) is 6.54 Å². The van der Waals surface area contributed by atoms with Crippen LogP contribution in [-0.4, -0.2) is 0 Å². The molecular weight excluding hydrogens is 150 g/mol. The smallest absolute Gasteiger partial charge is 0.0541 e. The topological polar surface area (TPSA) is 50.1 Å². The molecule has 0 spiro atoms. The standard InChI is InChI=1S/C9H11N3/c1-6-7-3-2-4-9(12-10)8(7)5-11-6/h2-4,11-12H,1,5,10H2. The SMILES string of the molecule is C=C1NCc2c(NN)cccc21. The van der Waals surface area contributed by atoms with Gasteiger partial charge in [0.15, 0.2) is 0 Å². The van der Waals surface area contributed by atoms with Crippen LogP contribution < -0.4 is 16.6 Å². The predicted molar refractivity (Wildman–Crippen MR) is 50.1 cm³/mol. The summed E-state index contributed by atoms with van der Waals surface area (Å²) in [6.45, 7) is 4.71. The molecule has 1 aliphatic rings. The van der Waals surface area contributed by atoms with Crippen LogP contribution in [0.4, 0.5) is 5.69 Å². The summed E-state index contributed by atoms with van der Waals surface area (Å²) >= 11 is 0. The van der Waals surface area contributed by atoms with Gasteiger partial charge < -0.3 is 10.7 Å². The highest BCUT2D eigenvalue weighted by atomic mass is 15.2. The van der Waals surface area contributed by atoms with Crippen molar-refractivity contribution >= 4 is 11.4 Å². The van der Waals surface area contributed by atoms with Crippen LogP contribution in [0.2, 0.25) is 0 Å². The molecule has 0 fully saturated rings. The molecule has 1 aromatic carbocycles. The summed E-state index contributed by atoms with van der Waals surface area (Å²) in [6, 6.07) is 5.96. The minimum absolute atomic E-state index is 0.814. The van der Waals surface area contributed by atoms with E-state index in [1.807, 2.05) is 18.2 Å². The molecule has 3 heteroatoms. The van der Waals surface area contributed by atoms with Gasteiger partial charge in [0.05, 0.1) is 5.69 Å². The first kappa shape index (κ1) is 7.18. The summed E-state index contributed by atoms with van der Waals surface area (Å²) in [5.41, 5.74) is 6.97. The molecule has 62 valence electrons. The third kappa shape index (κ3) is 0.871. The number of nitrogen functional groups attached to an aromatic ring is 1. The third-order valence-corrected chi connectivity index (χ3v) is 2.14. The van der Waals surface area contributed by atoms with E-state index < -0.39 is 0 Å². The molecule has 2 rings (SSSR count). The second kappa shape index (κ2) is 2.53. The number of rotatable bonds is 1. The normalized spacial score (nSPS) is 13.9. The zero-order chi connectivity index (χ0) is 8.55. The number of anilines is 1. The van der Waals surface area contributed by atoms with Crippen molar-refractivity contribution in [3.63, 3.8) is 0 Å². The fraction of sp³-hybridized carbons (Fsp3) is 0.111. The molecule has 1 aliphatic heterocycles. The van der Waals surface area contributed by atoms with Gasteiger partial charge in [-0.15, -0.1) is 0 Å². The van der Waals surface area contributed by atoms with E-state index in [1.54, 1.807) is 0 Å². The van der Waals surface area contributed by atoms with Gasteiger partial charge in [-0.25, -0.2) is 0 Å². The Morgan fingerprint density at radius 3 is 3.08 bits per heavy atom. The Labute approximate surface area is 71.2 Å². The largest absolute Gasteiger partial charge is 0.381 e. The van der Waals surface area contributed by atoms with Crippen molar-refractivity contribution in [3.8, 4) is 0 Å². The summed E-state index contributed by atoms with van der Waals surface area (Å²) < 4.78 is 0. The van der Waals surface area contributed by atoms with Crippen molar-refractivity contribution in [1.29, 1.82) is 0 Å². The van der Waals surface area contributed by atoms with Crippen molar-refractivity contribution in [2.24, 2.45) is 5.84 Å². The van der Waals surface area contributed by atoms with E-state index in [0.717, 1.165) is 23.5 Å². The Balaban J connectivity index is 2.58. The Hall–Kier alpha value is -1.48. The van der Waals surface area contributed by atoms with Gasteiger partial charge in [0, 0.05) is 23.4 Å². The van der Waals surface area contributed by atoms with Crippen LogP contribution in [0.1, 0.15) is 11.1 Å². The Morgan fingerprint density at radius 1 is 1.50 bits per heavy atom. The van der Waals surface area contributed by atoms with Gasteiger partial charge in [-0.3, -0.25) is 5.84 Å². The van der Waals surface area contributed by atoms with Gasteiger partial charge in [0.25, 0.3) is 0 Å². The van der Waals surface area contributed by atoms with E-state index >= 15 is 0 Å². The van der Waals surface area contributed by atoms with Gasteiger partial charge in [-0.1, -0.05) is 18.7 Å². The molecular formula is C9H11N3. The molecule has 3 nitrogen and oxygen atoms in total. The van der Waals surface area contributed by atoms with Crippen LogP contribution >= 0.6 is 0 Å². The molecule has 0 aromatic heterocycles. The van der Waals surface area contributed by atoms with Crippen LogP contribution in [0.5, 0.6) is 0 Å². The average Bonchev–Trinajstić information content (AvgIpc) is 2.48. The molecule has 1 heterocycles. The molecule has 12 heavy (non-hydrogen) atoms. The van der Waals surface area contributed by atoms with Crippen LogP contribution in [0.3, 0.4) is 0 Å². The molecule has 0 bridgehead atoms. The van der Waals surface area contributed by atoms with Gasteiger partial charge in [-0.05, 0) is 6.07 Å². The van der Waals surface area contributed by atoms with E-state index in [9.17, 15) is 0 Å². The molecule has 0 saturated heterocycles. The van der Waals surface area contributed by atoms with E-state index in [4.69, 9.17) is 5.84 Å². The predicted octanol–water partition coefficient (Wildman–Crippen LogP) is 1.05. The number of nitrogens with one attached hydrogen (secondary N) is 2. The van der Waals surface area contributed by atoms with E-state index in [0.29, 0.717) is 0 Å². The van der Waals surface area contributed by atoms with E-state index in [-0.39, 0.29) is 0 Å². The molecule has 0 saturated carbocycles. The summed E-state index contributed by atoms with van der Waals surface area (Å²) in [5, 5.41) is 3.17. The lowest BCUT2D eigenvalue weighted by Gasteiger charge is -2.04. The quantitative estimate of drug-likeness (QED) is 0.426. The molecule has 4 N–H and O–H groups in total. The monoisotopic (exact) mass is 161 g/mol. The number of hydrogen-bond donors (Lipinski definition) is 3. The lowest BCUT2D eigenvalue weighted by Crippen LogP contribution is -2.09. The van der Waals surface area contributed by atoms with Crippen molar-refractivity contribution in [3.05, 3.63) is 35.9 Å². The van der Waals surface area contributed by atoms with E-state index in [2.05, 4.69) is 17.3 Å². The van der Waals surface area contributed by atoms with Gasteiger partial charge >= 0.3 is 0 Å². The summed E-state index contributed by atoms with van der Waals surface area (Å²) in [7, 11) is 0. The number of fused-ring (bicyclic) bond motifs is 1. The van der Waals surface area contributed by atoms with Gasteiger partial charge in [0.2, 0.25) is 0 Å². The van der Waals surface area contributed by atoms with E-state index in [1.165, 1.54) is 5.56 Å². The molecule has 0 unspecified atom stereocenters. The first-order valence-corrected chi connectivity index (χ1v) is 3.84. The fourth-order valence-electron chi connectivity index (χ4n) is 1.49. The number of benzene rings is 1. The molecule has 0 aliphatic carbocycles. The first-order chi connectivity index (χ1) is 5.83. The second-order valence-corrected chi connectivity index (χ2v) is 2.81. The average molecular weight is 161 g/mol. The molecule has 0 atom stereocenters. The summed E-state index contributed by atoms with van der Waals surface area (Å²) in [5.74, 6) is 5.36.